The zero-order chi connectivity index (χ0) is 14.3. The van der Waals surface area contributed by atoms with Crippen LogP contribution < -0.4 is 0 Å². The van der Waals surface area contributed by atoms with Crippen LogP contribution in [-0.4, -0.2) is 42.7 Å². The third-order valence-electron chi connectivity index (χ3n) is 3.20. The Morgan fingerprint density at radius 1 is 1.32 bits per heavy atom. The number of hydrogen-bond acceptors (Lipinski definition) is 4. The van der Waals surface area contributed by atoms with E-state index in [0.717, 1.165) is 12.1 Å². The van der Waals surface area contributed by atoms with Crippen LogP contribution in [-0.2, 0) is 9.53 Å². The fourth-order valence-electron chi connectivity index (χ4n) is 2.02. The maximum atomic E-state index is 11.4. The Hall–Kier alpha value is -1.39. The van der Waals surface area contributed by atoms with Crippen LogP contribution in [0.2, 0.25) is 0 Å². The number of benzene rings is 1. The van der Waals surface area contributed by atoms with Gasteiger partial charge in [0.15, 0.2) is 0 Å². The smallest absolute Gasteiger partial charge is 0.309 e. The molecule has 0 bridgehead atoms. The molecular formula is C15H23NO3. The summed E-state index contributed by atoms with van der Waals surface area (Å²) in [5.74, 6) is -0.402. The van der Waals surface area contributed by atoms with E-state index in [1.165, 1.54) is 7.11 Å². The molecule has 1 rings (SSSR count). The lowest BCUT2D eigenvalue weighted by Crippen LogP contribution is -2.35. The lowest BCUT2D eigenvalue weighted by atomic mass is 10.1. The third kappa shape index (κ3) is 5.01. The van der Waals surface area contributed by atoms with E-state index in [1.54, 1.807) is 0 Å². The first-order valence-corrected chi connectivity index (χ1v) is 6.61. The minimum absolute atomic E-state index is 0.187. The van der Waals surface area contributed by atoms with Gasteiger partial charge < -0.3 is 9.84 Å². The first-order valence-electron chi connectivity index (χ1n) is 6.61. The number of rotatable bonds is 7. The van der Waals surface area contributed by atoms with Crippen LogP contribution in [0.15, 0.2) is 30.3 Å². The Kier molecular flexibility index (Phi) is 6.53. The molecule has 0 radical (unpaired) electrons. The van der Waals surface area contributed by atoms with Gasteiger partial charge in [0.2, 0.25) is 0 Å². The highest BCUT2D eigenvalue weighted by Gasteiger charge is 2.19. The van der Waals surface area contributed by atoms with Crippen LogP contribution in [0, 0.1) is 5.92 Å². The second-order valence-electron chi connectivity index (χ2n) is 4.70. The van der Waals surface area contributed by atoms with Gasteiger partial charge in [-0.2, -0.15) is 0 Å². The van der Waals surface area contributed by atoms with E-state index in [4.69, 9.17) is 4.74 Å². The Bertz CT molecular complexity index is 380. The van der Waals surface area contributed by atoms with Crippen molar-refractivity contribution in [1.29, 1.82) is 0 Å². The summed E-state index contributed by atoms with van der Waals surface area (Å²) < 4.78 is 4.72. The molecule has 0 aliphatic heterocycles. The summed E-state index contributed by atoms with van der Waals surface area (Å²) in [4.78, 5) is 13.5. The molecule has 0 aliphatic rings. The van der Waals surface area contributed by atoms with Crippen molar-refractivity contribution in [3.05, 3.63) is 35.9 Å². The molecule has 0 aliphatic carbocycles. The zero-order valence-electron chi connectivity index (χ0n) is 11.9. The number of hydrogen-bond donors (Lipinski definition) is 1. The van der Waals surface area contributed by atoms with Crippen molar-refractivity contribution in [1.82, 2.24) is 4.90 Å². The Balaban J connectivity index is 2.55. The Morgan fingerprint density at radius 3 is 2.47 bits per heavy atom. The molecule has 19 heavy (non-hydrogen) atoms. The second-order valence-corrected chi connectivity index (χ2v) is 4.70. The monoisotopic (exact) mass is 265 g/mol. The molecule has 0 saturated carbocycles. The number of methoxy groups -OCH3 is 1. The highest BCUT2D eigenvalue weighted by Crippen LogP contribution is 2.14. The SMILES string of the molecule is CCN(CC(C)C(=O)OC)CC(O)c1ccccc1. The fraction of sp³-hybridized carbons (Fsp3) is 0.533. The molecule has 4 nitrogen and oxygen atoms in total. The Morgan fingerprint density at radius 2 is 1.95 bits per heavy atom. The quantitative estimate of drug-likeness (QED) is 0.764. The number of ether oxygens (including phenoxy) is 1. The van der Waals surface area contributed by atoms with E-state index in [1.807, 2.05) is 44.2 Å². The molecule has 2 atom stereocenters. The first-order chi connectivity index (χ1) is 9.08. The molecule has 106 valence electrons. The van der Waals surface area contributed by atoms with Gasteiger partial charge in [-0.1, -0.05) is 44.2 Å². The van der Waals surface area contributed by atoms with Gasteiger partial charge in [0.1, 0.15) is 0 Å². The van der Waals surface area contributed by atoms with Crippen LogP contribution >= 0.6 is 0 Å². The standard InChI is InChI=1S/C15H23NO3/c1-4-16(10-12(2)15(18)19-3)11-14(17)13-8-6-5-7-9-13/h5-9,12,14,17H,4,10-11H2,1-3H3. The van der Waals surface area contributed by atoms with Crippen LogP contribution in [0.25, 0.3) is 0 Å². The van der Waals surface area contributed by atoms with Gasteiger partial charge in [-0.25, -0.2) is 0 Å². The summed E-state index contributed by atoms with van der Waals surface area (Å²) in [5.41, 5.74) is 0.895. The van der Waals surface area contributed by atoms with Gasteiger partial charge in [0, 0.05) is 13.1 Å². The largest absolute Gasteiger partial charge is 0.469 e. The number of aliphatic hydroxyl groups is 1. The number of carbonyl (C=O) groups is 1. The molecule has 0 saturated heterocycles. The van der Waals surface area contributed by atoms with E-state index in [2.05, 4.69) is 4.90 Å². The van der Waals surface area contributed by atoms with E-state index in [0.29, 0.717) is 13.1 Å². The fourth-order valence-corrected chi connectivity index (χ4v) is 2.02. The molecule has 1 N–H and O–H groups in total. The van der Waals surface area contributed by atoms with Gasteiger partial charge >= 0.3 is 5.97 Å². The normalized spacial score (nSPS) is 14.2. The molecule has 2 unspecified atom stereocenters. The van der Waals surface area contributed by atoms with Gasteiger partial charge in [-0.3, -0.25) is 9.69 Å². The number of likely N-dealkylation sites (N-methyl/N-ethyl adjacent to an activating group) is 1. The number of carbonyl (C=O) groups excluding carboxylic acids is 1. The number of nitrogens with zero attached hydrogens (tertiary/aromatic N) is 1. The maximum absolute atomic E-state index is 11.4. The molecular weight excluding hydrogens is 242 g/mol. The lowest BCUT2D eigenvalue weighted by molar-refractivity contribution is -0.145. The van der Waals surface area contributed by atoms with Crippen molar-refractivity contribution < 1.29 is 14.6 Å². The molecule has 4 heteroatoms. The highest BCUT2D eigenvalue weighted by molar-refractivity contribution is 5.72. The van der Waals surface area contributed by atoms with Crippen molar-refractivity contribution >= 4 is 5.97 Å². The van der Waals surface area contributed by atoms with Crippen molar-refractivity contribution in [2.45, 2.75) is 20.0 Å². The van der Waals surface area contributed by atoms with Gasteiger partial charge in [-0.15, -0.1) is 0 Å². The average molecular weight is 265 g/mol. The molecule has 0 aromatic heterocycles. The third-order valence-corrected chi connectivity index (χ3v) is 3.20. The summed E-state index contributed by atoms with van der Waals surface area (Å²) >= 11 is 0. The predicted octanol–water partition coefficient (Wildman–Crippen LogP) is 1.85. The van der Waals surface area contributed by atoms with Crippen LogP contribution in [0.4, 0.5) is 0 Å². The maximum Gasteiger partial charge on any atom is 0.309 e. The summed E-state index contributed by atoms with van der Waals surface area (Å²) in [6, 6.07) is 9.55. The molecule has 1 aromatic carbocycles. The van der Waals surface area contributed by atoms with E-state index >= 15 is 0 Å². The predicted molar refractivity (Wildman–Crippen MR) is 74.7 cm³/mol. The van der Waals surface area contributed by atoms with Crippen molar-refractivity contribution in [2.24, 2.45) is 5.92 Å². The number of aliphatic hydroxyl groups excluding tert-OH is 1. The van der Waals surface area contributed by atoms with Crippen LogP contribution in [0.1, 0.15) is 25.5 Å². The molecule has 1 aromatic rings. The van der Waals surface area contributed by atoms with Gasteiger partial charge in [-0.05, 0) is 12.1 Å². The minimum atomic E-state index is -0.536. The lowest BCUT2D eigenvalue weighted by Gasteiger charge is -2.25. The topological polar surface area (TPSA) is 49.8 Å². The van der Waals surface area contributed by atoms with Crippen molar-refractivity contribution in [3.8, 4) is 0 Å². The molecule has 0 fully saturated rings. The summed E-state index contributed by atoms with van der Waals surface area (Å²) in [6.45, 7) is 5.74. The van der Waals surface area contributed by atoms with Crippen LogP contribution in [0.5, 0.6) is 0 Å². The Labute approximate surface area is 115 Å². The molecule has 0 spiro atoms. The average Bonchev–Trinajstić information content (AvgIpc) is 2.46. The van der Waals surface area contributed by atoms with Crippen molar-refractivity contribution in [3.63, 3.8) is 0 Å². The summed E-state index contributed by atoms with van der Waals surface area (Å²) in [6.07, 6.45) is -0.536. The van der Waals surface area contributed by atoms with Gasteiger partial charge in [0.05, 0.1) is 19.1 Å². The molecule has 0 heterocycles. The van der Waals surface area contributed by atoms with Crippen molar-refractivity contribution in [2.75, 3.05) is 26.7 Å². The van der Waals surface area contributed by atoms with E-state index < -0.39 is 6.10 Å². The van der Waals surface area contributed by atoms with Gasteiger partial charge in [0.25, 0.3) is 0 Å². The zero-order valence-corrected chi connectivity index (χ0v) is 11.9. The van der Waals surface area contributed by atoms with Crippen LogP contribution in [0.3, 0.4) is 0 Å². The first kappa shape index (κ1) is 15.7. The second kappa shape index (κ2) is 7.92. The molecule has 0 amide bonds. The summed E-state index contributed by atoms with van der Waals surface area (Å²) in [7, 11) is 1.40. The summed E-state index contributed by atoms with van der Waals surface area (Å²) in [5, 5.41) is 10.2. The minimum Gasteiger partial charge on any atom is -0.469 e. The number of esters is 1. The van der Waals surface area contributed by atoms with E-state index in [9.17, 15) is 9.90 Å². The highest BCUT2D eigenvalue weighted by atomic mass is 16.5. The van der Waals surface area contributed by atoms with E-state index in [-0.39, 0.29) is 11.9 Å².